The normalized spacial score (nSPS) is 21.9. The van der Waals surface area contributed by atoms with E-state index < -0.39 is 0 Å². The zero-order valence-corrected chi connectivity index (χ0v) is 24.8. The second-order valence-electron chi connectivity index (χ2n) is 11.1. The van der Waals surface area contributed by atoms with Gasteiger partial charge in [-0.3, -0.25) is 24.7 Å². The number of benzene rings is 3. The second kappa shape index (κ2) is 11.6. The van der Waals surface area contributed by atoms with Gasteiger partial charge in [0.2, 0.25) is 11.8 Å². The molecule has 1 N–H and O–H groups in total. The number of rotatable bonds is 6. The summed E-state index contributed by atoms with van der Waals surface area (Å²) in [6, 6.07) is 21.6. The maximum atomic E-state index is 12.6. The summed E-state index contributed by atoms with van der Waals surface area (Å²) in [5.74, 6) is -0.378. The minimum Gasteiger partial charge on any atom is -0.368 e. The first-order valence-corrected chi connectivity index (χ1v) is 15.4. The average Bonchev–Trinajstić information content (AvgIpc) is 3.28. The first kappa shape index (κ1) is 27.4. The van der Waals surface area contributed by atoms with Gasteiger partial charge in [0.15, 0.2) is 0 Å². The van der Waals surface area contributed by atoms with Crippen molar-refractivity contribution in [3.63, 3.8) is 0 Å². The number of nitrogens with one attached hydrogen (secondary N) is 1. The molecule has 2 unspecified atom stereocenters. The van der Waals surface area contributed by atoms with Gasteiger partial charge in [-0.15, -0.1) is 0 Å². The molecule has 2 amide bonds. The van der Waals surface area contributed by atoms with E-state index in [-0.39, 0.29) is 23.2 Å². The Labute approximate surface area is 246 Å². The average molecular weight is 573 g/mol. The van der Waals surface area contributed by atoms with Crippen LogP contribution in [0.1, 0.15) is 46.0 Å². The van der Waals surface area contributed by atoms with E-state index in [1.54, 1.807) is 0 Å². The van der Waals surface area contributed by atoms with Crippen molar-refractivity contribution >= 4 is 41.9 Å². The number of imide groups is 1. The number of para-hydroxylation sites is 1. The smallest absolute Gasteiger partial charge is 0.243 e. The number of piperazine rings is 1. The monoisotopic (exact) mass is 572 g/mol. The topological polar surface area (TPSA) is 55.9 Å². The highest BCUT2D eigenvalue weighted by molar-refractivity contribution is 7.99. The van der Waals surface area contributed by atoms with E-state index in [9.17, 15) is 9.59 Å². The molecular formula is C32H36N4O2S2. The summed E-state index contributed by atoms with van der Waals surface area (Å²) >= 11 is 6.76. The number of hydrogen-bond acceptors (Lipinski definition) is 7. The van der Waals surface area contributed by atoms with Crippen molar-refractivity contribution in [1.82, 2.24) is 15.1 Å². The van der Waals surface area contributed by atoms with Crippen molar-refractivity contribution in [1.29, 1.82) is 0 Å². The zero-order valence-electron chi connectivity index (χ0n) is 23.1. The maximum Gasteiger partial charge on any atom is 0.243 e. The third-order valence-corrected chi connectivity index (χ3v) is 10.2. The number of anilines is 1. The highest BCUT2D eigenvalue weighted by Crippen LogP contribution is 2.41. The van der Waals surface area contributed by atoms with Crippen LogP contribution in [0.25, 0.3) is 0 Å². The molecule has 0 radical (unpaired) electrons. The van der Waals surface area contributed by atoms with Crippen LogP contribution in [0, 0.1) is 13.8 Å². The van der Waals surface area contributed by atoms with E-state index in [2.05, 4.69) is 94.5 Å². The molecule has 3 aromatic rings. The lowest BCUT2D eigenvalue weighted by molar-refractivity contribution is -0.137. The fraction of sp³-hybridized carbons (Fsp3) is 0.375. The first-order chi connectivity index (χ1) is 19.4. The minimum absolute atomic E-state index is 0.137. The Morgan fingerprint density at radius 1 is 0.950 bits per heavy atom. The van der Waals surface area contributed by atoms with Crippen molar-refractivity contribution in [2.24, 2.45) is 0 Å². The van der Waals surface area contributed by atoms with Crippen molar-refractivity contribution in [2.75, 3.05) is 31.1 Å². The van der Waals surface area contributed by atoms with E-state index in [0.29, 0.717) is 19.4 Å². The van der Waals surface area contributed by atoms with Gasteiger partial charge < -0.3 is 4.90 Å². The van der Waals surface area contributed by atoms with E-state index in [4.69, 9.17) is 12.6 Å². The number of carbonyl (C=O) groups is 2. The molecule has 0 spiro atoms. The second-order valence-corrected chi connectivity index (χ2v) is 12.7. The van der Waals surface area contributed by atoms with Gasteiger partial charge in [0.05, 0.1) is 17.1 Å². The molecule has 40 heavy (non-hydrogen) atoms. The quantitative estimate of drug-likeness (QED) is 0.308. The van der Waals surface area contributed by atoms with Gasteiger partial charge in [0, 0.05) is 55.5 Å². The number of amides is 2. The summed E-state index contributed by atoms with van der Waals surface area (Å²) in [6.07, 6.45) is 0.934. The number of piperidine rings is 1. The van der Waals surface area contributed by atoms with Gasteiger partial charge in [-0.25, -0.2) is 0 Å². The van der Waals surface area contributed by atoms with Gasteiger partial charge in [-0.1, -0.05) is 59.8 Å². The molecule has 6 nitrogen and oxygen atoms in total. The highest BCUT2D eigenvalue weighted by Gasteiger charge is 2.39. The lowest BCUT2D eigenvalue weighted by atomic mass is 10.0. The Morgan fingerprint density at radius 3 is 2.52 bits per heavy atom. The van der Waals surface area contributed by atoms with Gasteiger partial charge in [0.25, 0.3) is 0 Å². The van der Waals surface area contributed by atoms with Crippen LogP contribution in [0.3, 0.4) is 0 Å². The van der Waals surface area contributed by atoms with Gasteiger partial charge in [0.1, 0.15) is 0 Å². The molecule has 208 valence electrons. The lowest BCUT2D eigenvalue weighted by Gasteiger charge is -2.37. The number of carbonyl (C=O) groups excluding carboxylic acids is 2. The van der Waals surface area contributed by atoms with Crippen molar-refractivity contribution in [3.8, 4) is 0 Å². The molecule has 0 saturated carbocycles. The largest absolute Gasteiger partial charge is 0.368 e. The van der Waals surface area contributed by atoms with Crippen LogP contribution < -0.4 is 10.2 Å². The molecule has 0 aromatic heterocycles. The number of hydrogen-bond donors (Lipinski definition) is 2. The Bertz CT molecular complexity index is 1440. The molecule has 0 aliphatic carbocycles. The van der Waals surface area contributed by atoms with E-state index >= 15 is 0 Å². The molecule has 3 heterocycles. The van der Waals surface area contributed by atoms with Crippen molar-refractivity contribution < 1.29 is 9.59 Å². The minimum atomic E-state index is -0.314. The summed E-state index contributed by atoms with van der Waals surface area (Å²) in [5.41, 5.74) is 7.70. The van der Waals surface area contributed by atoms with Crippen molar-refractivity contribution in [2.45, 2.75) is 61.0 Å². The molecule has 6 rings (SSSR count). The fourth-order valence-electron chi connectivity index (χ4n) is 6.19. The van der Waals surface area contributed by atoms with Crippen LogP contribution >= 0.6 is 24.4 Å². The Balaban J connectivity index is 1.12. The zero-order chi connectivity index (χ0) is 27.8. The summed E-state index contributed by atoms with van der Waals surface area (Å²) in [4.78, 5) is 34.0. The highest BCUT2D eigenvalue weighted by atomic mass is 32.2. The Morgan fingerprint density at radius 2 is 1.75 bits per heavy atom. The Kier molecular flexibility index (Phi) is 7.95. The van der Waals surface area contributed by atoms with E-state index in [1.807, 2.05) is 11.8 Å². The van der Waals surface area contributed by atoms with Gasteiger partial charge >= 0.3 is 0 Å². The maximum absolute atomic E-state index is 12.6. The number of nitrogens with zero attached hydrogens (tertiary/aromatic N) is 3. The Hall–Kier alpha value is -2.78. The molecule has 2 fully saturated rings. The molecule has 3 aliphatic heterocycles. The molecule has 3 aliphatic rings. The van der Waals surface area contributed by atoms with Gasteiger partial charge in [-0.05, 0) is 60.7 Å². The van der Waals surface area contributed by atoms with Crippen LogP contribution in [0.4, 0.5) is 5.69 Å². The number of aryl methyl sites for hydroxylation is 2. The van der Waals surface area contributed by atoms with Crippen LogP contribution in [-0.2, 0) is 22.7 Å². The lowest BCUT2D eigenvalue weighted by Crippen LogP contribution is -2.51. The fourth-order valence-corrected chi connectivity index (χ4v) is 7.71. The van der Waals surface area contributed by atoms with E-state index in [1.165, 1.54) is 43.3 Å². The van der Waals surface area contributed by atoms with Crippen LogP contribution in [0.2, 0.25) is 0 Å². The van der Waals surface area contributed by atoms with E-state index in [0.717, 1.165) is 32.7 Å². The summed E-state index contributed by atoms with van der Waals surface area (Å²) in [6.45, 7) is 9.87. The van der Waals surface area contributed by atoms with Crippen LogP contribution in [0.15, 0.2) is 70.5 Å². The number of fused-ring (bicyclic) bond motifs is 1. The predicted molar refractivity (Wildman–Crippen MR) is 164 cm³/mol. The predicted octanol–water partition coefficient (Wildman–Crippen LogP) is 5.33. The molecular weight excluding hydrogens is 537 g/mol. The third kappa shape index (κ3) is 5.55. The van der Waals surface area contributed by atoms with Gasteiger partial charge in [-0.2, -0.15) is 12.6 Å². The molecule has 8 heteroatoms. The molecule has 2 saturated heterocycles. The summed E-state index contributed by atoms with van der Waals surface area (Å²) < 4.78 is 0. The third-order valence-electron chi connectivity index (χ3n) is 8.38. The summed E-state index contributed by atoms with van der Waals surface area (Å²) in [5, 5.41) is 2.37. The number of thiol groups is 1. The molecule has 2 atom stereocenters. The first-order valence-electron chi connectivity index (χ1n) is 14.1. The van der Waals surface area contributed by atoms with Crippen molar-refractivity contribution in [3.05, 3.63) is 88.5 Å². The molecule has 3 aromatic carbocycles. The van der Waals surface area contributed by atoms with Crippen LogP contribution in [-0.4, -0.2) is 53.8 Å². The standard InChI is InChI=1S/C32H36N4O2S2/c1-21-10-12-28(22(2)18-21)40-29-9-4-3-8-26(29)35-16-14-34(15-17-35)19-23-6-5-7-24-25(23)20-36(32(24)39)27-11-13-30(37)33-31(27)38/h3-10,12,18,27,32,39H,11,13-17,19-20H2,1-2H3,(H,33,37,38). The summed E-state index contributed by atoms with van der Waals surface area (Å²) in [7, 11) is 0. The van der Waals surface area contributed by atoms with Crippen LogP contribution in [0.5, 0.6) is 0 Å². The molecule has 0 bridgehead atoms. The SMILES string of the molecule is Cc1ccc(Sc2ccccc2N2CCN(Cc3cccc4c3CN(C3CCC(=O)NC3=O)C4S)CC2)c(C)c1.